The highest BCUT2D eigenvalue weighted by Crippen LogP contribution is 2.66. The topological polar surface area (TPSA) is 43.4 Å². The summed E-state index contributed by atoms with van der Waals surface area (Å²) in [4.78, 5) is 23.6. The lowest BCUT2D eigenvalue weighted by Crippen LogP contribution is -2.52. The van der Waals surface area contributed by atoms with Crippen LogP contribution in [0.25, 0.3) is 0 Å². The predicted octanol–water partition coefficient (Wildman–Crippen LogP) is 4.72. The lowest BCUT2D eigenvalue weighted by molar-refractivity contribution is -0.148. The first-order valence-electron chi connectivity index (χ1n) is 10.3. The van der Waals surface area contributed by atoms with Crippen LogP contribution in [-0.2, 0) is 14.3 Å². The molecule has 0 spiro atoms. The molecule has 4 aliphatic carbocycles. The maximum atomic E-state index is 11.9. The van der Waals surface area contributed by atoms with Gasteiger partial charge in [-0.15, -0.1) is 6.58 Å². The molecule has 0 aliphatic heterocycles. The second-order valence-corrected chi connectivity index (χ2v) is 9.71. The Kier molecular flexibility index (Phi) is 4.20. The van der Waals surface area contributed by atoms with Gasteiger partial charge in [-0.25, -0.2) is 0 Å². The first kappa shape index (κ1) is 18.0. The van der Waals surface area contributed by atoms with Crippen molar-refractivity contribution in [3.8, 4) is 0 Å². The fraction of sp³-hybridized carbons (Fsp3) is 0.739. The predicted molar refractivity (Wildman–Crippen MR) is 101 cm³/mol. The number of esters is 1. The first-order chi connectivity index (χ1) is 12.3. The Labute approximate surface area is 157 Å². The van der Waals surface area contributed by atoms with Gasteiger partial charge in [0.2, 0.25) is 0 Å². The third-order valence-electron chi connectivity index (χ3n) is 8.70. The lowest BCUT2D eigenvalue weighted by atomic mass is 9.46. The normalized spacial score (nSPS) is 49.7. The molecule has 0 aromatic heterocycles. The SMILES string of the molecule is C=C[C@H]1[C@@H](OC(C)=O)C[C@@H]2[C@@H]3CC[C@H]4CC(=O)C=C[C@]4(C)[C@@H]3CC[C@@]21C. The molecule has 8 atom stereocenters. The molecule has 0 radical (unpaired) electrons. The molecular formula is C23H32O3. The summed E-state index contributed by atoms with van der Waals surface area (Å²) < 4.78 is 5.73. The second kappa shape index (κ2) is 6.07. The van der Waals surface area contributed by atoms with Crippen LogP contribution in [0.15, 0.2) is 24.8 Å². The fourth-order valence-corrected chi connectivity index (χ4v) is 7.42. The summed E-state index contributed by atoms with van der Waals surface area (Å²) in [5.74, 6) is 2.77. The van der Waals surface area contributed by atoms with Crippen LogP contribution >= 0.6 is 0 Å². The van der Waals surface area contributed by atoms with E-state index >= 15 is 0 Å². The van der Waals surface area contributed by atoms with Gasteiger partial charge in [-0.05, 0) is 72.7 Å². The Morgan fingerprint density at radius 2 is 2.04 bits per heavy atom. The molecule has 0 saturated heterocycles. The van der Waals surface area contributed by atoms with E-state index < -0.39 is 0 Å². The maximum absolute atomic E-state index is 11.9. The van der Waals surface area contributed by atoms with E-state index in [1.807, 2.05) is 12.2 Å². The van der Waals surface area contributed by atoms with Crippen molar-refractivity contribution in [1.29, 1.82) is 0 Å². The Morgan fingerprint density at radius 1 is 1.27 bits per heavy atom. The van der Waals surface area contributed by atoms with Crippen LogP contribution in [0, 0.1) is 40.4 Å². The quantitative estimate of drug-likeness (QED) is 0.531. The van der Waals surface area contributed by atoms with Gasteiger partial charge in [-0.1, -0.05) is 26.0 Å². The Hall–Kier alpha value is -1.38. The number of hydrogen-bond acceptors (Lipinski definition) is 3. The van der Waals surface area contributed by atoms with E-state index in [9.17, 15) is 9.59 Å². The third kappa shape index (κ3) is 2.46. The molecule has 3 saturated carbocycles. The molecule has 0 N–H and O–H groups in total. The molecule has 3 fully saturated rings. The third-order valence-corrected chi connectivity index (χ3v) is 8.70. The van der Waals surface area contributed by atoms with E-state index in [4.69, 9.17) is 4.74 Å². The summed E-state index contributed by atoms with van der Waals surface area (Å²) in [5.41, 5.74) is 0.335. The summed E-state index contributed by atoms with van der Waals surface area (Å²) in [5, 5.41) is 0. The van der Waals surface area contributed by atoms with Crippen LogP contribution in [0.5, 0.6) is 0 Å². The van der Waals surface area contributed by atoms with Crippen molar-refractivity contribution in [2.75, 3.05) is 0 Å². The highest BCUT2D eigenvalue weighted by molar-refractivity contribution is 5.91. The average molecular weight is 357 g/mol. The van der Waals surface area contributed by atoms with Crippen LogP contribution in [0.3, 0.4) is 0 Å². The van der Waals surface area contributed by atoms with Crippen molar-refractivity contribution in [2.24, 2.45) is 40.4 Å². The zero-order valence-electron chi connectivity index (χ0n) is 16.4. The highest BCUT2D eigenvalue weighted by Gasteiger charge is 2.61. The largest absolute Gasteiger partial charge is 0.462 e. The zero-order chi connectivity index (χ0) is 18.7. The van der Waals surface area contributed by atoms with Crippen LogP contribution < -0.4 is 0 Å². The molecule has 3 nitrogen and oxygen atoms in total. The minimum absolute atomic E-state index is 0.0206. The molecule has 0 aromatic rings. The maximum Gasteiger partial charge on any atom is 0.302 e. The number of allylic oxidation sites excluding steroid dienone is 2. The van der Waals surface area contributed by atoms with Crippen LogP contribution in [0.2, 0.25) is 0 Å². The van der Waals surface area contributed by atoms with Gasteiger partial charge < -0.3 is 4.74 Å². The van der Waals surface area contributed by atoms with Crippen molar-refractivity contribution < 1.29 is 14.3 Å². The molecule has 26 heavy (non-hydrogen) atoms. The molecule has 0 bridgehead atoms. The highest BCUT2D eigenvalue weighted by atomic mass is 16.5. The van der Waals surface area contributed by atoms with Gasteiger partial charge in [0, 0.05) is 19.3 Å². The summed E-state index contributed by atoms with van der Waals surface area (Å²) in [6.07, 6.45) is 12.5. The van der Waals surface area contributed by atoms with Gasteiger partial charge in [0.25, 0.3) is 0 Å². The van der Waals surface area contributed by atoms with Gasteiger partial charge in [-0.2, -0.15) is 0 Å². The van der Waals surface area contributed by atoms with Crippen molar-refractivity contribution >= 4 is 11.8 Å². The molecule has 142 valence electrons. The number of fused-ring (bicyclic) bond motifs is 5. The van der Waals surface area contributed by atoms with Gasteiger partial charge >= 0.3 is 5.97 Å². The van der Waals surface area contributed by atoms with Crippen LogP contribution in [0.4, 0.5) is 0 Å². The molecule has 3 heteroatoms. The molecular weight excluding hydrogens is 324 g/mol. The Bertz CT molecular complexity index is 664. The van der Waals surface area contributed by atoms with Crippen molar-refractivity contribution in [3.63, 3.8) is 0 Å². The molecule has 0 unspecified atom stereocenters. The number of carbonyl (C=O) groups is 2. The number of hydrogen-bond donors (Lipinski definition) is 0. The first-order valence-corrected chi connectivity index (χ1v) is 10.3. The van der Waals surface area contributed by atoms with Gasteiger partial charge in [0.15, 0.2) is 5.78 Å². The van der Waals surface area contributed by atoms with E-state index in [0.717, 1.165) is 25.7 Å². The average Bonchev–Trinajstić information content (AvgIpc) is 2.86. The number of rotatable bonds is 2. The van der Waals surface area contributed by atoms with E-state index in [1.54, 1.807) is 0 Å². The number of ketones is 1. The van der Waals surface area contributed by atoms with E-state index in [-0.39, 0.29) is 28.8 Å². The van der Waals surface area contributed by atoms with E-state index in [1.165, 1.54) is 19.8 Å². The summed E-state index contributed by atoms with van der Waals surface area (Å²) in [7, 11) is 0. The lowest BCUT2D eigenvalue weighted by Gasteiger charge is -2.58. The van der Waals surface area contributed by atoms with Gasteiger partial charge in [0.05, 0.1) is 0 Å². The molecule has 0 heterocycles. The Balaban J connectivity index is 1.66. The minimum Gasteiger partial charge on any atom is -0.462 e. The minimum atomic E-state index is -0.176. The molecule has 4 aliphatic rings. The van der Waals surface area contributed by atoms with Crippen LogP contribution in [0.1, 0.15) is 59.3 Å². The monoisotopic (exact) mass is 356 g/mol. The summed E-state index contributed by atoms with van der Waals surface area (Å²) >= 11 is 0. The number of carbonyl (C=O) groups excluding carboxylic acids is 2. The Morgan fingerprint density at radius 3 is 2.73 bits per heavy atom. The number of ether oxygens (including phenoxy) is 1. The molecule has 0 aromatic carbocycles. The second-order valence-electron chi connectivity index (χ2n) is 9.71. The van der Waals surface area contributed by atoms with E-state index in [2.05, 4.69) is 26.5 Å². The van der Waals surface area contributed by atoms with E-state index in [0.29, 0.717) is 29.5 Å². The summed E-state index contributed by atoms with van der Waals surface area (Å²) in [6, 6.07) is 0. The molecule has 0 amide bonds. The smallest absolute Gasteiger partial charge is 0.302 e. The molecule has 4 rings (SSSR count). The standard InChI is InChI=1S/C23H32O3/c1-5-18-21(26-14(2)24)13-20-17-7-6-15-12-16(25)8-10-22(15,3)19(17)9-11-23(18,20)4/h5,8,10,15,17-21H,1,6-7,9,11-13H2,2-4H3/t15-,17+,18-,19+,20+,21-,22-,23+/m0/s1. The van der Waals surface area contributed by atoms with Gasteiger partial charge in [-0.3, -0.25) is 9.59 Å². The summed E-state index contributed by atoms with van der Waals surface area (Å²) in [6.45, 7) is 10.4. The van der Waals surface area contributed by atoms with Crippen molar-refractivity contribution in [3.05, 3.63) is 24.8 Å². The van der Waals surface area contributed by atoms with Gasteiger partial charge in [0.1, 0.15) is 6.10 Å². The van der Waals surface area contributed by atoms with Crippen LogP contribution in [-0.4, -0.2) is 17.9 Å². The fourth-order valence-electron chi connectivity index (χ4n) is 7.42. The van der Waals surface area contributed by atoms with Crippen molar-refractivity contribution in [1.82, 2.24) is 0 Å². The van der Waals surface area contributed by atoms with Crippen molar-refractivity contribution in [2.45, 2.75) is 65.4 Å². The zero-order valence-corrected chi connectivity index (χ0v) is 16.4.